The van der Waals surface area contributed by atoms with E-state index in [0.29, 0.717) is 5.69 Å². The van der Waals surface area contributed by atoms with Gasteiger partial charge in [-0.15, -0.1) is 0 Å². The van der Waals surface area contributed by atoms with Gasteiger partial charge in [-0.3, -0.25) is 14.9 Å². The fourth-order valence-electron chi connectivity index (χ4n) is 3.58. The van der Waals surface area contributed by atoms with Crippen molar-refractivity contribution >= 4 is 23.3 Å². The zero-order valence-corrected chi connectivity index (χ0v) is 15.6. The highest BCUT2D eigenvalue weighted by Gasteiger charge is 2.30. The highest BCUT2D eigenvalue weighted by atomic mass is 16.6. The van der Waals surface area contributed by atoms with E-state index in [0.717, 1.165) is 32.1 Å². The maximum absolute atomic E-state index is 12.4. The van der Waals surface area contributed by atoms with Gasteiger partial charge in [-0.2, -0.15) is 0 Å². The summed E-state index contributed by atoms with van der Waals surface area (Å²) >= 11 is 0. The van der Waals surface area contributed by atoms with Gasteiger partial charge in [0.05, 0.1) is 10.5 Å². The minimum absolute atomic E-state index is 0.0654. The third-order valence-corrected chi connectivity index (χ3v) is 5.18. The molecule has 1 aliphatic heterocycles. The maximum atomic E-state index is 12.4. The number of hydrogen-bond acceptors (Lipinski definition) is 6. The van der Waals surface area contributed by atoms with E-state index in [1.807, 2.05) is 13.8 Å². The van der Waals surface area contributed by atoms with Gasteiger partial charge in [0.15, 0.2) is 6.61 Å². The fraction of sp³-hybridized carbons (Fsp3) is 0.579. The number of hydrogen-bond donors (Lipinski definition) is 1. The van der Waals surface area contributed by atoms with Gasteiger partial charge in [-0.1, -0.05) is 0 Å². The molecular weight excluding hydrogens is 350 g/mol. The molecule has 27 heavy (non-hydrogen) atoms. The minimum Gasteiger partial charge on any atom is -0.452 e. The van der Waals surface area contributed by atoms with Crippen LogP contribution in [0.15, 0.2) is 18.2 Å². The summed E-state index contributed by atoms with van der Waals surface area (Å²) in [5.74, 6) is -0.966. The van der Waals surface area contributed by atoms with Crippen LogP contribution in [-0.2, 0) is 9.53 Å². The molecule has 0 spiro atoms. The first-order valence-corrected chi connectivity index (χ1v) is 9.40. The Morgan fingerprint density at radius 3 is 2.48 bits per heavy atom. The number of benzene rings is 1. The number of amides is 1. The number of piperidine rings is 1. The highest BCUT2D eigenvalue weighted by molar-refractivity contribution is 5.93. The standard InChI is InChI=1S/C19H25N3O5/c1-12-4-3-5-13(2)21(12)18(23)11-27-19(24)14-6-9-16(20-15-7-8-15)17(10-14)22(25)26/h6,9-10,12-13,15,20H,3-5,7-8,11H2,1-2H3. The van der Waals surface area contributed by atoms with Crippen LogP contribution >= 0.6 is 0 Å². The van der Waals surface area contributed by atoms with Gasteiger partial charge in [-0.05, 0) is 58.1 Å². The van der Waals surface area contributed by atoms with Crippen molar-refractivity contribution in [2.24, 2.45) is 0 Å². The van der Waals surface area contributed by atoms with E-state index in [-0.39, 0.29) is 41.9 Å². The predicted octanol–water partition coefficient (Wildman–Crippen LogP) is 3.12. The van der Waals surface area contributed by atoms with Crippen molar-refractivity contribution in [1.82, 2.24) is 4.90 Å². The molecule has 0 bridgehead atoms. The molecule has 8 heteroatoms. The molecule has 0 aromatic heterocycles. The number of anilines is 1. The average Bonchev–Trinajstić information content (AvgIpc) is 3.43. The Kier molecular flexibility index (Phi) is 5.62. The number of rotatable bonds is 6. The zero-order valence-electron chi connectivity index (χ0n) is 15.6. The molecule has 1 aliphatic carbocycles. The Balaban J connectivity index is 1.64. The van der Waals surface area contributed by atoms with Crippen LogP contribution in [0.4, 0.5) is 11.4 Å². The van der Waals surface area contributed by atoms with E-state index >= 15 is 0 Å². The zero-order chi connectivity index (χ0) is 19.6. The van der Waals surface area contributed by atoms with Gasteiger partial charge in [0.25, 0.3) is 11.6 Å². The van der Waals surface area contributed by atoms with Crippen molar-refractivity contribution < 1.29 is 19.2 Å². The summed E-state index contributed by atoms with van der Waals surface area (Å²) in [7, 11) is 0. The van der Waals surface area contributed by atoms with E-state index < -0.39 is 10.9 Å². The number of nitrogens with one attached hydrogen (secondary N) is 1. The summed E-state index contributed by atoms with van der Waals surface area (Å²) < 4.78 is 5.13. The Labute approximate surface area is 158 Å². The van der Waals surface area contributed by atoms with Crippen LogP contribution in [0.5, 0.6) is 0 Å². The lowest BCUT2D eigenvalue weighted by Gasteiger charge is -2.38. The largest absolute Gasteiger partial charge is 0.452 e. The maximum Gasteiger partial charge on any atom is 0.338 e. The Morgan fingerprint density at radius 2 is 1.89 bits per heavy atom. The number of carbonyl (C=O) groups is 2. The Hall–Kier alpha value is -2.64. The van der Waals surface area contributed by atoms with E-state index in [4.69, 9.17) is 4.74 Å². The molecule has 1 saturated heterocycles. The van der Waals surface area contributed by atoms with Gasteiger partial charge < -0.3 is 15.0 Å². The summed E-state index contributed by atoms with van der Waals surface area (Å²) in [6, 6.07) is 4.69. The van der Waals surface area contributed by atoms with Crippen molar-refractivity contribution in [3.8, 4) is 0 Å². The second kappa shape index (κ2) is 7.94. The quantitative estimate of drug-likeness (QED) is 0.466. The number of nitro groups is 1. The lowest BCUT2D eigenvalue weighted by Crippen LogP contribution is -2.49. The predicted molar refractivity (Wildman–Crippen MR) is 99.6 cm³/mol. The third kappa shape index (κ3) is 4.56. The SMILES string of the molecule is CC1CCCC(C)N1C(=O)COC(=O)c1ccc(NC2CC2)c([N+](=O)[O-])c1. The molecule has 2 atom stereocenters. The van der Waals surface area contributed by atoms with Crippen LogP contribution < -0.4 is 5.32 Å². The molecule has 1 saturated carbocycles. The summed E-state index contributed by atoms with van der Waals surface area (Å²) in [6.45, 7) is 3.62. The molecule has 1 aromatic rings. The number of esters is 1. The topological polar surface area (TPSA) is 102 Å². The van der Waals surface area contributed by atoms with Crippen molar-refractivity contribution in [2.45, 2.75) is 64.1 Å². The second-order valence-electron chi connectivity index (χ2n) is 7.41. The number of likely N-dealkylation sites (tertiary alicyclic amines) is 1. The summed E-state index contributed by atoms with van der Waals surface area (Å²) in [5, 5.41) is 14.4. The summed E-state index contributed by atoms with van der Waals surface area (Å²) in [5.41, 5.74) is 0.294. The first-order valence-electron chi connectivity index (χ1n) is 9.40. The second-order valence-corrected chi connectivity index (χ2v) is 7.41. The van der Waals surface area contributed by atoms with E-state index in [1.54, 1.807) is 4.90 Å². The molecule has 2 aliphatic rings. The normalized spacial score (nSPS) is 22.2. The van der Waals surface area contributed by atoms with Gasteiger partial charge in [-0.25, -0.2) is 4.79 Å². The molecule has 1 heterocycles. The van der Waals surface area contributed by atoms with Crippen LogP contribution in [0.25, 0.3) is 0 Å². The molecule has 1 aromatic carbocycles. The van der Waals surface area contributed by atoms with Gasteiger partial charge in [0, 0.05) is 24.2 Å². The average molecular weight is 375 g/mol. The Morgan fingerprint density at radius 1 is 1.22 bits per heavy atom. The lowest BCUT2D eigenvalue weighted by atomic mass is 9.97. The van der Waals surface area contributed by atoms with Gasteiger partial charge in [0.1, 0.15) is 5.69 Å². The van der Waals surface area contributed by atoms with Crippen molar-refractivity contribution in [2.75, 3.05) is 11.9 Å². The number of nitrogens with zero attached hydrogens (tertiary/aromatic N) is 2. The third-order valence-electron chi connectivity index (χ3n) is 5.18. The van der Waals surface area contributed by atoms with E-state index in [1.165, 1.54) is 18.2 Å². The number of ether oxygens (including phenoxy) is 1. The lowest BCUT2D eigenvalue weighted by molar-refractivity contribution is -0.384. The molecule has 2 fully saturated rings. The highest BCUT2D eigenvalue weighted by Crippen LogP contribution is 2.31. The van der Waals surface area contributed by atoms with Gasteiger partial charge in [0.2, 0.25) is 0 Å². The van der Waals surface area contributed by atoms with Crippen molar-refractivity contribution in [1.29, 1.82) is 0 Å². The van der Waals surface area contributed by atoms with E-state index in [2.05, 4.69) is 5.32 Å². The molecule has 1 N–H and O–H groups in total. The fourth-order valence-corrected chi connectivity index (χ4v) is 3.58. The minimum atomic E-state index is -0.735. The number of carbonyl (C=O) groups excluding carboxylic acids is 2. The van der Waals surface area contributed by atoms with Crippen LogP contribution in [0.1, 0.15) is 56.3 Å². The van der Waals surface area contributed by atoms with E-state index in [9.17, 15) is 19.7 Å². The number of nitro benzene ring substituents is 1. The first kappa shape index (κ1) is 19.1. The molecule has 1 amide bonds. The molecule has 8 nitrogen and oxygen atoms in total. The van der Waals surface area contributed by atoms with Crippen LogP contribution in [0.2, 0.25) is 0 Å². The summed E-state index contributed by atoms with van der Waals surface area (Å²) in [4.78, 5) is 37.3. The molecule has 146 valence electrons. The van der Waals surface area contributed by atoms with Crippen LogP contribution in [0, 0.1) is 10.1 Å². The molecule has 2 unspecified atom stereocenters. The molecule has 3 rings (SSSR count). The van der Waals surface area contributed by atoms with Crippen molar-refractivity contribution in [3.63, 3.8) is 0 Å². The van der Waals surface area contributed by atoms with Crippen LogP contribution in [0.3, 0.4) is 0 Å². The molecular formula is C19H25N3O5. The molecule has 0 radical (unpaired) electrons. The van der Waals surface area contributed by atoms with Crippen molar-refractivity contribution in [3.05, 3.63) is 33.9 Å². The first-order chi connectivity index (χ1) is 12.9. The summed E-state index contributed by atoms with van der Waals surface area (Å²) in [6.07, 6.45) is 4.92. The van der Waals surface area contributed by atoms with Gasteiger partial charge >= 0.3 is 5.97 Å². The smallest absolute Gasteiger partial charge is 0.338 e. The monoisotopic (exact) mass is 375 g/mol. The Bertz CT molecular complexity index is 737. The van der Waals surface area contributed by atoms with Crippen LogP contribution in [-0.4, -0.2) is 46.4 Å².